The van der Waals surface area contributed by atoms with Gasteiger partial charge in [-0.2, -0.15) is 0 Å². The van der Waals surface area contributed by atoms with Crippen LogP contribution >= 0.6 is 0 Å². The van der Waals surface area contributed by atoms with E-state index in [2.05, 4.69) is 47.1 Å². The summed E-state index contributed by atoms with van der Waals surface area (Å²) in [5, 5.41) is 2.80. The first-order chi connectivity index (χ1) is 21.7. The molecule has 232 valence electrons. The van der Waals surface area contributed by atoms with E-state index in [0.717, 1.165) is 64.1 Å². The molecule has 0 aliphatic carbocycles. The zero-order chi connectivity index (χ0) is 32.0. The van der Waals surface area contributed by atoms with Crippen molar-refractivity contribution in [2.24, 2.45) is 0 Å². The molecule has 45 heavy (non-hydrogen) atoms. The van der Waals surface area contributed by atoms with Gasteiger partial charge in [-0.05, 0) is 73.7 Å². The van der Waals surface area contributed by atoms with Crippen LogP contribution in [-0.4, -0.2) is 34.2 Å². The third-order valence-corrected chi connectivity index (χ3v) is 7.67. The van der Waals surface area contributed by atoms with E-state index in [1.807, 2.05) is 87.5 Å². The van der Waals surface area contributed by atoms with Crippen LogP contribution < -0.4 is 10.2 Å². The van der Waals surface area contributed by atoms with Crippen molar-refractivity contribution in [3.05, 3.63) is 120 Å². The summed E-state index contributed by atoms with van der Waals surface area (Å²) >= 11 is 0. The fourth-order valence-corrected chi connectivity index (χ4v) is 5.43. The van der Waals surface area contributed by atoms with Crippen molar-refractivity contribution in [2.75, 3.05) is 11.9 Å². The molecular weight excluding hydrogens is 560 g/mol. The number of benzene rings is 4. The largest absolute Gasteiger partial charge is 0.456 e. The highest BCUT2D eigenvalue weighted by Gasteiger charge is 2.21. The Labute approximate surface area is 265 Å². The summed E-state index contributed by atoms with van der Waals surface area (Å²) in [5.41, 5.74) is 6.63. The summed E-state index contributed by atoms with van der Waals surface area (Å²) in [6.07, 6.45) is 2.97. The highest BCUT2D eigenvalue weighted by Crippen LogP contribution is 2.29. The molecule has 0 aliphatic rings. The van der Waals surface area contributed by atoms with Crippen LogP contribution in [0, 0.1) is 0 Å². The average molecular weight is 603 g/mol. The van der Waals surface area contributed by atoms with Crippen LogP contribution in [0.4, 0.5) is 10.5 Å². The number of imidazole rings is 1. The maximum atomic E-state index is 13.0. The number of carbonyl (C=O) groups excluding carboxylic acids is 2. The van der Waals surface area contributed by atoms with Crippen LogP contribution in [0.25, 0.3) is 22.2 Å². The number of rotatable bonds is 10. The molecule has 0 spiro atoms. The molecule has 0 saturated carbocycles. The minimum absolute atomic E-state index is 0.169. The Morgan fingerprint density at radius 3 is 2.29 bits per heavy atom. The van der Waals surface area contributed by atoms with Gasteiger partial charge < -0.3 is 14.6 Å². The van der Waals surface area contributed by atoms with Crippen molar-refractivity contribution in [3.63, 3.8) is 0 Å². The number of carbonyl (C=O) groups is 2. The van der Waals surface area contributed by atoms with Gasteiger partial charge >= 0.3 is 12.0 Å². The van der Waals surface area contributed by atoms with Crippen molar-refractivity contribution in [1.29, 1.82) is 0 Å². The van der Waals surface area contributed by atoms with Crippen LogP contribution in [0.15, 0.2) is 97.1 Å². The molecule has 1 heterocycles. The second-order valence-corrected chi connectivity index (χ2v) is 12.3. The summed E-state index contributed by atoms with van der Waals surface area (Å²) in [4.78, 5) is 32.8. The van der Waals surface area contributed by atoms with Gasteiger partial charge in [0.25, 0.3) is 0 Å². The molecule has 0 aliphatic heterocycles. The third-order valence-electron chi connectivity index (χ3n) is 7.67. The standard InChI is InChI=1S/C38H42N4O3/c1-6-7-17-35-40-33-23-22-30(41(37(44)39-5)25-27-13-9-8-10-14-27)24-34(33)42(35)26-28-18-20-29(21-19-28)31-15-11-12-16-32(31)36(43)45-38(2,3)4/h8-16,18-24H,6-7,17,25-26H2,1-5H3,(H,39,44). The predicted molar refractivity (Wildman–Crippen MR) is 182 cm³/mol. The van der Waals surface area contributed by atoms with Crippen molar-refractivity contribution in [2.45, 2.75) is 65.6 Å². The summed E-state index contributed by atoms with van der Waals surface area (Å²) in [6.45, 7) is 8.89. The third kappa shape index (κ3) is 7.60. The molecule has 0 atom stereocenters. The number of anilines is 1. The average Bonchev–Trinajstić information content (AvgIpc) is 3.38. The number of esters is 1. The minimum Gasteiger partial charge on any atom is -0.456 e. The van der Waals surface area contributed by atoms with Gasteiger partial charge in [-0.1, -0.05) is 86.1 Å². The number of fused-ring (bicyclic) bond motifs is 1. The van der Waals surface area contributed by atoms with E-state index >= 15 is 0 Å². The Balaban J connectivity index is 1.48. The minimum atomic E-state index is -0.574. The molecule has 0 fully saturated rings. The lowest BCUT2D eigenvalue weighted by Gasteiger charge is -2.23. The van der Waals surface area contributed by atoms with Gasteiger partial charge in [0.05, 0.1) is 23.1 Å². The molecule has 1 aromatic heterocycles. The Bertz CT molecular complexity index is 1770. The Morgan fingerprint density at radius 1 is 0.889 bits per heavy atom. The number of hydrogen-bond donors (Lipinski definition) is 1. The van der Waals surface area contributed by atoms with Gasteiger partial charge in [0, 0.05) is 25.7 Å². The van der Waals surface area contributed by atoms with Crippen LogP contribution in [-0.2, 0) is 24.2 Å². The molecule has 7 heteroatoms. The maximum Gasteiger partial charge on any atom is 0.339 e. The Kier molecular flexibility index (Phi) is 9.67. The summed E-state index contributed by atoms with van der Waals surface area (Å²) in [7, 11) is 1.65. The summed E-state index contributed by atoms with van der Waals surface area (Å²) in [5.74, 6) is 0.694. The van der Waals surface area contributed by atoms with Gasteiger partial charge in [-0.3, -0.25) is 4.90 Å². The zero-order valence-electron chi connectivity index (χ0n) is 26.8. The number of unbranched alkanes of at least 4 members (excludes halogenated alkanes) is 1. The fourth-order valence-electron chi connectivity index (χ4n) is 5.43. The number of hydrogen-bond acceptors (Lipinski definition) is 4. The van der Waals surface area contributed by atoms with Crippen LogP contribution in [0.1, 0.15) is 67.8 Å². The molecule has 0 bridgehead atoms. The molecule has 0 unspecified atom stereocenters. The highest BCUT2D eigenvalue weighted by molar-refractivity contribution is 5.97. The second kappa shape index (κ2) is 13.8. The molecule has 5 aromatic rings. The SMILES string of the molecule is CCCCc1nc2ccc(N(Cc3ccccc3)C(=O)NC)cc2n1Cc1ccc(-c2ccccc2C(=O)OC(C)(C)C)cc1. The number of amides is 2. The molecule has 7 nitrogen and oxygen atoms in total. The van der Waals surface area contributed by atoms with E-state index in [1.54, 1.807) is 11.9 Å². The van der Waals surface area contributed by atoms with E-state index < -0.39 is 5.60 Å². The van der Waals surface area contributed by atoms with Crippen molar-refractivity contribution in [3.8, 4) is 11.1 Å². The topological polar surface area (TPSA) is 76.5 Å². The first kappa shape index (κ1) is 31.5. The number of ether oxygens (including phenoxy) is 1. The lowest BCUT2D eigenvalue weighted by molar-refractivity contribution is 0.00704. The fraction of sp³-hybridized carbons (Fsp3) is 0.289. The zero-order valence-corrected chi connectivity index (χ0v) is 26.8. The van der Waals surface area contributed by atoms with Gasteiger partial charge in [-0.15, -0.1) is 0 Å². The lowest BCUT2D eigenvalue weighted by Crippen LogP contribution is -2.37. The van der Waals surface area contributed by atoms with E-state index in [0.29, 0.717) is 18.7 Å². The summed E-state index contributed by atoms with van der Waals surface area (Å²) in [6, 6.07) is 31.8. The van der Waals surface area contributed by atoms with Gasteiger partial charge in [0.1, 0.15) is 11.4 Å². The Hall–Kier alpha value is -4.91. The van der Waals surface area contributed by atoms with Crippen molar-refractivity contribution < 1.29 is 14.3 Å². The monoisotopic (exact) mass is 602 g/mol. The molecule has 1 N–H and O–H groups in total. The summed E-state index contributed by atoms with van der Waals surface area (Å²) < 4.78 is 7.94. The lowest BCUT2D eigenvalue weighted by atomic mass is 9.98. The van der Waals surface area contributed by atoms with Crippen LogP contribution in [0.2, 0.25) is 0 Å². The predicted octanol–water partition coefficient (Wildman–Crippen LogP) is 8.40. The number of aryl methyl sites for hydroxylation is 1. The van der Waals surface area contributed by atoms with E-state index in [1.165, 1.54) is 0 Å². The molecule has 2 amide bonds. The first-order valence-corrected chi connectivity index (χ1v) is 15.6. The first-order valence-electron chi connectivity index (χ1n) is 15.6. The highest BCUT2D eigenvalue weighted by atomic mass is 16.6. The molecule has 0 saturated heterocycles. The smallest absolute Gasteiger partial charge is 0.339 e. The quantitative estimate of drug-likeness (QED) is 0.163. The van der Waals surface area contributed by atoms with Crippen LogP contribution in [0.5, 0.6) is 0 Å². The number of aromatic nitrogens is 2. The van der Waals surface area contributed by atoms with Gasteiger partial charge in [0.15, 0.2) is 0 Å². The normalized spacial score (nSPS) is 11.4. The van der Waals surface area contributed by atoms with Gasteiger partial charge in [-0.25, -0.2) is 14.6 Å². The van der Waals surface area contributed by atoms with E-state index in [9.17, 15) is 9.59 Å². The van der Waals surface area contributed by atoms with Crippen molar-refractivity contribution >= 4 is 28.7 Å². The molecular formula is C38H42N4O3. The maximum absolute atomic E-state index is 13.0. The molecule has 5 rings (SSSR count). The van der Waals surface area contributed by atoms with E-state index in [4.69, 9.17) is 9.72 Å². The number of nitrogens with one attached hydrogen (secondary N) is 1. The van der Waals surface area contributed by atoms with Crippen molar-refractivity contribution in [1.82, 2.24) is 14.9 Å². The van der Waals surface area contributed by atoms with Gasteiger partial charge in [0.2, 0.25) is 0 Å². The van der Waals surface area contributed by atoms with E-state index in [-0.39, 0.29) is 12.0 Å². The number of nitrogens with zero attached hydrogens (tertiary/aromatic N) is 3. The molecule has 0 radical (unpaired) electrons. The molecule has 4 aromatic carbocycles. The van der Waals surface area contributed by atoms with Crippen LogP contribution in [0.3, 0.4) is 0 Å². The Morgan fingerprint density at radius 2 is 1.60 bits per heavy atom. The number of urea groups is 1. The second-order valence-electron chi connectivity index (χ2n) is 12.3.